The van der Waals surface area contributed by atoms with Crippen molar-refractivity contribution >= 4 is 27.5 Å². The molecular weight excluding hydrogens is 348 g/mol. The second-order valence-electron chi connectivity index (χ2n) is 7.09. The first-order chi connectivity index (χ1) is 12.4. The number of piperazine rings is 1. The fourth-order valence-electron chi connectivity index (χ4n) is 3.61. The van der Waals surface area contributed by atoms with E-state index in [9.17, 15) is 9.59 Å². The summed E-state index contributed by atoms with van der Waals surface area (Å²) in [4.78, 5) is 38.7. The summed E-state index contributed by atoms with van der Waals surface area (Å²) >= 11 is 1.58. The van der Waals surface area contributed by atoms with Gasteiger partial charge >= 0.3 is 0 Å². The molecule has 0 aromatic carbocycles. The molecule has 3 rings (SSSR count). The molecule has 2 aromatic heterocycles. The van der Waals surface area contributed by atoms with Crippen LogP contribution in [-0.4, -0.2) is 51.9 Å². The first-order valence-electron chi connectivity index (χ1n) is 9.44. The van der Waals surface area contributed by atoms with Crippen molar-refractivity contribution in [2.75, 3.05) is 26.2 Å². The topological polar surface area (TPSA) is 69.3 Å². The fraction of sp³-hybridized carbons (Fsp3) is 0.632. The third kappa shape index (κ3) is 3.69. The van der Waals surface area contributed by atoms with Gasteiger partial charge < -0.3 is 9.88 Å². The summed E-state index contributed by atoms with van der Waals surface area (Å²) in [6.07, 6.45) is 1.81. The second-order valence-corrected chi connectivity index (χ2v) is 8.29. The number of H-pyrrole nitrogens is 1. The molecule has 142 valence electrons. The highest BCUT2D eigenvalue weighted by Gasteiger charge is 2.25. The van der Waals surface area contributed by atoms with E-state index in [0.29, 0.717) is 12.4 Å². The smallest absolute Gasteiger partial charge is 0.259 e. The zero-order chi connectivity index (χ0) is 18.8. The van der Waals surface area contributed by atoms with E-state index in [2.05, 4.69) is 28.7 Å². The molecule has 1 amide bonds. The highest BCUT2D eigenvalue weighted by molar-refractivity contribution is 7.18. The van der Waals surface area contributed by atoms with Crippen LogP contribution in [0.15, 0.2) is 4.79 Å². The van der Waals surface area contributed by atoms with Crippen LogP contribution in [0.2, 0.25) is 0 Å². The van der Waals surface area contributed by atoms with E-state index in [4.69, 9.17) is 0 Å². The van der Waals surface area contributed by atoms with Crippen LogP contribution >= 0.6 is 11.3 Å². The van der Waals surface area contributed by atoms with Crippen molar-refractivity contribution in [2.24, 2.45) is 5.92 Å². The van der Waals surface area contributed by atoms with Crippen LogP contribution in [0.3, 0.4) is 0 Å². The minimum absolute atomic E-state index is 0.0469. The number of hydrogen-bond donors (Lipinski definition) is 1. The number of rotatable bonds is 5. The van der Waals surface area contributed by atoms with E-state index < -0.39 is 0 Å². The van der Waals surface area contributed by atoms with E-state index in [-0.39, 0.29) is 17.4 Å². The third-order valence-electron chi connectivity index (χ3n) is 5.48. The Morgan fingerprint density at radius 2 is 1.85 bits per heavy atom. The summed E-state index contributed by atoms with van der Waals surface area (Å²) in [5, 5.41) is 0.719. The molecule has 0 aliphatic carbocycles. The number of thiophene rings is 1. The SMILES string of the molecule is CCC(CC)C(=O)N1CCN(Cc2nc3sc(C)c(C)c3c(=O)[nH]2)CC1. The van der Waals surface area contributed by atoms with Gasteiger partial charge in [0.05, 0.1) is 11.9 Å². The summed E-state index contributed by atoms with van der Waals surface area (Å²) in [5.74, 6) is 1.14. The monoisotopic (exact) mass is 376 g/mol. The Kier molecular flexibility index (Phi) is 5.77. The molecule has 6 nitrogen and oxygen atoms in total. The van der Waals surface area contributed by atoms with Crippen LogP contribution in [0.5, 0.6) is 0 Å². The van der Waals surface area contributed by atoms with E-state index in [1.165, 1.54) is 0 Å². The molecule has 1 aliphatic rings. The number of aromatic amines is 1. The first kappa shape index (κ1) is 19.0. The molecule has 0 atom stereocenters. The molecule has 26 heavy (non-hydrogen) atoms. The van der Waals surface area contributed by atoms with Gasteiger partial charge in [0, 0.05) is 37.0 Å². The van der Waals surface area contributed by atoms with Crippen molar-refractivity contribution in [3.63, 3.8) is 0 Å². The van der Waals surface area contributed by atoms with Crippen molar-refractivity contribution < 1.29 is 4.79 Å². The molecule has 0 unspecified atom stereocenters. The molecule has 0 saturated carbocycles. The highest BCUT2D eigenvalue weighted by Crippen LogP contribution is 2.25. The van der Waals surface area contributed by atoms with E-state index >= 15 is 0 Å². The van der Waals surface area contributed by atoms with Gasteiger partial charge in [-0.15, -0.1) is 11.3 Å². The van der Waals surface area contributed by atoms with Gasteiger partial charge in [0.2, 0.25) is 5.91 Å². The fourth-order valence-corrected chi connectivity index (χ4v) is 4.66. The lowest BCUT2D eigenvalue weighted by Gasteiger charge is -2.36. The minimum Gasteiger partial charge on any atom is -0.340 e. The standard InChI is InChI=1S/C19H28N4O2S/c1-5-14(6-2)19(25)23-9-7-22(8-10-23)11-15-20-17(24)16-12(3)13(4)26-18(16)21-15/h14H,5-11H2,1-4H3,(H,20,21,24). The van der Waals surface area contributed by atoms with Crippen LogP contribution in [0.1, 0.15) is 43.0 Å². The van der Waals surface area contributed by atoms with Gasteiger partial charge in [0.15, 0.2) is 0 Å². The maximum absolute atomic E-state index is 12.5. The van der Waals surface area contributed by atoms with Crippen LogP contribution in [0.4, 0.5) is 0 Å². The number of amides is 1. The predicted molar refractivity (Wildman–Crippen MR) is 106 cm³/mol. The molecule has 1 saturated heterocycles. The van der Waals surface area contributed by atoms with Gasteiger partial charge in [-0.3, -0.25) is 14.5 Å². The zero-order valence-electron chi connectivity index (χ0n) is 16.1. The molecule has 1 N–H and O–H groups in total. The molecule has 0 radical (unpaired) electrons. The quantitative estimate of drug-likeness (QED) is 0.871. The molecule has 1 fully saturated rings. The van der Waals surface area contributed by atoms with Crippen LogP contribution in [0, 0.1) is 19.8 Å². The summed E-state index contributed by atoms with van der Waals surface area (Å²) < 4.78 is 0. The number of aryl methyl sites for hydroxylation is 2. The highest BCUT2D eigenvalue weighted by atomic mass is 32.1. The van der Waals surface area contributed by atoms with Gasteiger partial charge in [-0.25, -0.2) is 4.98 Å². The van der Waals surface area contributed by atoms with Crippen LogP contribution in [-0.2, 0) is 11.3 Å². The van der Waals surface area contributed by atoms with Gasteiger partial charge in [-0.1, -0.05) is 13.8 Å². The Bertz CT molecular complexity index is 845. The number of carbonyl (C=O) groups excluding carboxylic acids is 1. The Morgan fingerprint density at radius 3 is 2.46 bits per heavy atom. The molecule has 0 bridgehead atoms. The van der Waals surface area contributed by atoms with E-state index in [1.807, 2.05) is 18.7 Å². The van der Waals surface area contributed by atoms with Crippen molar-refractivity contribution in [2.45, 2.75) is 47.1 Å². The van der Waals surface area contributed by atoms with Crippen molar-refractivity contribution in [1.82, 2.24) is 19.8 Å². The lowest BCUT2D eigenvalue weighted by atomic mass is 10.0. The summed E-state index contributed by atoms with van der Waals surface area (Å²) in [7, 11) is 0. The molecule has 2 aromatic rings. The summed E-state index contributed by atoms with van der Waals surface area (Å²) in [6, 6.07) is 0. The predicted octanol–water partition coefficient (Wildman–Crippen LogP) is 2.68. The second kappa shape index (κ2) is 7.88. The lowest BCUT2D eigenvalue weighted by Crippen LogP contribution is -2.50. The third-order valence-corrected chi connectivity index (χ3v) is 6.58. The molecular formula is C19H28N4O2S. The normalized spacial score (nSPS) is 16.0. The Hall–Kier alpha value is -1.73. The van der Waals surface area contributed by atoms with Crippen molar-refractivity contribution in [1.29, 1.82) is 0 Å². The number of carbonyl (C=O) groups is 1. The van der Waals surface area contributed by atoms with E-state index in [1.54, 1.807) is 11.3 Å². The number of aromatic nitrogens is 2. The number of nitrogens with one attached hydrogen (secondary N) is 1. The molecule has 3 heterocycles. The average molecular weight is 377 g/mol. The van der Waals surface area contributed by atoms with Gasteiger partial charge in [-0.2, -0.15) is 0 Å². The Morgan fingerprint density at radius 1 is 1.19 bits per heavy atom. The molecule has 7 heteroatoms. The van der Waals surface area contributed by atoms with Crippen molar-refractivity contribution in [3.05, 3.63) is 26.6 Å². The van der Waals surface area contributed by atoms with Crippen molar-refractivity contribution in [3.8, 4) is 0 Å². The van der Waals surface area contributed by atoms with Gasteiger partial charge in [-0.05, 0) is 32.3 Å². The maximum atomic E-state index is 12.5. The average Bonchev–Trinajstić information content (AvgIpc) is 2.91. The maximum Gasteiger partial charge on any atom is 0.259 e. The first-order valence-corrected chi connectivity index (χ1v) is 10.3. The Labute approximate surface area is 158 Å². The number of hydrogen-bond acceptors (Lipinski definition) is 5. The van der Waals surface area contributed by atoms with Gasteiger partial charge in [0.1, 0.15) is 10.7 Å². The zero-order valence-corrected chi connectivity index (χ0v) is 16.9. The number of nitrogens with zero attached hydrogens (tertiary/aromatic N) is 3. The molecule has 1 aliphatic heterocycles. The summed E-state index contributed by atoms with van der Waals surface area (Å²) in [6.45, 7) is 11.9. The summed E-state index contributed by atoms with van der Waals surface area (Å²) in [5.41, 5.74) is 0.980. The minimum atomic E-state index is -0.0469. The largest absolute Gasteiger partial charge is 0.340 e. The Balaban J connectivity index is 1.66. The van der Waals surface area contributed by atoms with E-state index in [0.717, 1.165) is 59.7 Å². The van der Waals surface area contributed by atoms with Gasteiger partial charge in [0.25, 0.3) is 5.56 Å². The number of fused-ring (bicyclic) bond motifs is 1. The lowest BCUT2D eigenvalue weighted by molar-refractivity contribution is -0.137. The molecule has 0 spiro atoms. The van der Waals surface area contributed by atoms with Crippen LogP contribution < -0.4 is 5.56 Å². The van der Waals surface area contributed by atoms with Crippen LogP contribution in [0.25, 0.3) is 10.2 Å².